The van der Waals surface area contributed by atoms with Crippen LogP contribution >= 0.6 is 0 Å². The Morgan fingerprint density at radius 3 is 2.67 bits per heavy atom. The molecule has 1 aliphatic heterocycles. The molecule has 90 valence electrons. The third kappa shape index (κ3) is 1.72. The van der Waals surface area contributed by atoms with Gasteiger partial charge in [-0.25, -0.2) is 0 Å². The van der Waals surface area contributed by atoms with Gasteiger partial charge < -0.3 is 4.90 Å². The minimum atomic E-state index is -0.542. The molecule has 1 aromatic rings. The lowest BCUT2D eigenvalue weighted by molar-refractivity contribution is -0.117. The molecule has 1 fully saturated rings. The Morgan fingerprint density at radius 1 is 1.39 bits per heavy atom. The first-order valence-corrected chi connectivity index (χ1v) is 5.73. The Kier molecular flexibility index (Phi) is 2.80. The summed E-state index contributed by atoms with van der Waals surface area (Å²) in [5, 5.41) is 18.0. The molecule has 1 saturated heterocycles. The van der Waals surface area contributed by atoms with Gasteiger partial charge in [0.2, 0.25) is 5.91 Å². The molecule has 1 atom stereocenters. The van der Waals surface area contributed by atoms with Crippen molar-refractivity contribution in [3.63, 3.8) is 0 Å². The van der Waals surface area contributed by atoms with Crippen molar-refractivity contribution in [1.82, 2.24) is 0 Å². The Hall–Kier alpha value is -2.33. The molecule has 0 N–H and O–H groups in total. The predicted molar refractivity (Wildman–Crippen MR) is 66.4 cm³/mol. The predicted octanol–water partition coefficient (Wildman–Crippen LogP) is 2.21. The van der Waals surface area contributed by atoms with E-state index in [9.17, 15) is 4.79 Å². The van der Waals surface area contributed by atoms with Crippen LogP contribution in [0.5, 0.6) is 0 Å². The van der Waals surface area contributed by atoms with Crippen molar-refractivity contribution in [2.75, 3.05) is 4.90 Å². The van der Waals surface area contributed by atoms with Gasteiger partial charge in [0.1, 0.15) is 0 Å². The topological polar surface area (TPSA) is 67.9 Å². The van der Waals surface area contributed by atoms with Crippen molar-refractivity contribution in [2.24, 2.45) is 5.92 Å². The Balaban J connectivity index is 2.47. The molecule has 1 unspecified atom stereocenters. The average molecular weight is 239 g/mol. The van der Waals surface area contributed by atoms with Crippen molar-refractivity contribution >= 4 is 11.6 Å². The lowest BCUT2D eigenvalue weighted by Gasteiger charge is -2.33. The number of nitriles is 2. The highest BCUT2D eigenvalue weighted by atomic mass is 16.2. The fraction of sp³-hybridized carbons (Fsp3) is 0.357. The summed E-state index contributed by atoms with van der Waals surface area (Å²) in [6.07, 6.45) is 0.236. The van der Waals surface area contributed by atoms with Gasteiger partial charge in [-0.2, -0.15) is 10.5 Å². The van der Waals surface area contributed by atoms with Gasteiger partial charge in [0.15, 0.2) is 0 Å². The summed E-state index contributed by atoms with van der Waals surface area (Å²) in [6, 6.07) is 11.2. The number of carbonyl (C=O) groups is 1. The van der Waals surface area contributed by atoms with Gasteiger partial charge >= 0.3 is 0 Å². The van der Waals surface area contributed by atoms with Crippen LogP contribution in [-0.2, 0) is 4.79 Å². The normalized spacial score (nSPS) is 21.4. The van der Waals surface area contributed by atoms with E-state index in [1.807, 2.05) is 13.8 Å². The van der Waals surface area contributed by atoms with Crippen molar-refractivity contribution in [3.05, 3.63) is 29.8 Å². The third-order valence-electron chi connectivity index (χ3n) is 3.45. The van der Waals surface area contributed by atoms with E-state index in [1.54, 1.807) is 29.2 Å². The second-order valence-corrected chi connectivity index (χ2v) is 4.93. The van der Waals surface area contributed by atoms with Crippen LogP contribution in [-0.4, -0.2) is 11.4 Å². The fourth-order valence-corrected chi connectivity index (χ4v) is 2.39. The van der Waals surface area contributed by atoms with Crippen LogP contribution in [0.2, 0.25) is 0 Å². The molecular weight excluding hydrogens is 226 g/mol. The van der Waals surface area contributed by atoms with E-state index in [-0.39, 0.29) is 18.2 Å². The highest BCUT2D eigenvalue weighted by Gasteiger charge is 2.47. The van der Waals surface area contributed by atoms with Gasteiger partial charge in [0.05, 0.1) is 29.2 Å². The zero-order chi connectivity index (χ0) is 13.3. The second kappa shape index (κ2) is 4.16. The van der Waals surface area contributed by atoms with Gasteiger partial charge in [0.25, 0.3) is 0 Å². The van der Waals surface area contributed by atoms with E-state index in [0.717, 1.165) is 0 Å². The summed E-state index contributed by atoms with van der Waals surface area (Å²) in [5.41, 5.74) is 0.651. The zero-order valence-corrected chi connectivity index (χ0v) is 10.3. The average Bonchev–Trinajstić information content (AvgIpc) is 2.58. The molecule has 4 nitrogen and oxygen atoms in total. The first kappa shape index (κ1) is 12.1. The van der Waals surface area contributed by atoms with Gasteiger partial charge in [0, 0.05) is 12.1 Å². The number of benzene rings is 1. The molecule has 4 heteroatoms. The number of amides is 1. The van der Waals surface area contributed by atoms with Crippen molar-refractivity contribution in [2.45, 2.75) is 25.8 Å². The molecule has 2 rings (SSSR count). The number of anilines is 1. The largest absolute Gasteiger partial charge is 0.305 e. The Bertz CT molecular complexity index is 577. The Labute approximate surface area is 106 Å². The van der Waals surface area contributed by atoms with E-state index < -0.39 is 5.54 Å². The molecule has 1 heterocycles. The van der Waals surface area contributed by atoms with Crippen LogP contribution in [0.3, 0.4) is 0 Å². The lowest BCUT2D eigenvalue weighted by Crippen LogP contribution is -2.44. The molecule has 1 aliphatic rings. The van der Waals surface area contributed by atoms with Crippen LogP contribution < -0.4 is 4.90 Å². The van der Waals surface area contributed by atoms with Crippen molar-refractivity contribution in [3.8, 4) is 12.1 Å². The van der Waals surface area contributed by atoms with Crippen LogP contribution in [0.4, 0.5) is 5.69 Å². The standard InChI is InChI=1S/C14H13N3O/c1-14(2)11(9-16)7-13(18)17(14)12-5-3-4-10(6-12)8-15/h3-6,11H,7H2,1-2H3. The van der Waals surface area contributed by atoms with Crippen LogP contribution in [0.1, 0.15) is 25.8 Å². The SMILES string of the molecule is CC1(C)C(C#N)CC(=O)N1c1cccc(C#N)c1. The summed E-state index contributed by atoms with van der Waals surface area (Å²) in [5.74, 6) is -0.391. The van der Waals surface area contributed by atoms with Gasteiger partial charge in [-0.1, -0.05) is 6.07 Å². The minimum absolute atomic E-state index is 0.0679. The monoisotopic (exact) mass is 239 g/mol. The van der Waals surface area contributed by atoms with Crippen LogP contribution in [0.15, 0.2) is 24.3 Å². The third-order valence-corrected chi connectivity index (χ3v) is 3.45. The van der Waals surface area contributed by atoms with Gasteiger partial charge in [-0.05, 0) is 32.0 Å². The molecule has 0 aliphatic carbocycles. The Morgan fingerprint density at radius 2 is 2.11 bits per heavy atom. The van der Waals surface area contributed by atoms with E-state index in [0.29, 0.717) is 11.3 Å². The smallest absolute Gasteiger partial charge is 0.228 e. The molecule has 18 heavy (non-hydrogen) atoms. The molecule has 0 saturated carbocycles. The lowest BCUT2D eigenvalue weighted by atomic mass is 9.89. The van der Waals surface area contributed by atoms with Crippen LogP contribution in [0.25, 0.3) is 0 Å². The first-order chi connectivity index (χ1) is 8.50. The first-order valence-electron chi connectivity index (χ1n) is 5.73. The molecule has 0 radical (unpaired) electrons. The van der Waals surface area contributed by atoms with Gasteiger partial charge in [-0.15, -0.1) is 0 Å². The van der Waals surface area contributed by atoms with Gasteiger partial charge in [-0.3, -0.25) is 4.79 Å². The summed E-state index contributed by atoms with van der Waals surface area (Å²) < 4.78 is 0. The maximum atomic E-state index is 12.1. The van der Waals surface area contributed by atoms with E-state index in [2.05, 4.69) is 12.1 Å². The van der Waals surface area contributed by atoms with Crippen molar-refractivity contribution < 1.29 is 4.79 Å². The molecule has 1 aromatic carbocycles. The summed E-state index contributed by atoms with van der Waals surface area (Å²) in [4.78, 5) is 13.7. The number of rotatable bonds is 1. The minimum Gasteiger partial charge on any atom is -0.305 e. The molecule has 0 aromatic heterocycles. The summed E-state index contributed by atoms with van der Waals surface area (Å²) in [7, 11) is 0. The maximum Gasteiger partial charge on any atom is 0.228 e. The quantitative estimate of drug-likeness (QED) is 0.754. The molecule has 0 bridgehead atoms. The highest BCUT2D eigenvalue weighted by molar-refractivity contribution is 5.98. The van der Waals surface area contributed by atoms with Crippen molar-refractivity contribution in [1.29, 1.82) is 10.5 Å². The maximum absolute atomic E-state index is 12.1. The van der Waals surface area contributed by atoms with E-state index in [4.69, 9.17) is 10.5 Å². The number of carbonyl (C=O) groups excluding carboxylic acids is 1. The fourth-order valence-electron chi connectivity index (χ4n) is 2.39. The van der Waals surface area contributed by atoms with Crippen LogP contribution in [0, 0.1) is 28.6 Å². The highest BCUT2D eigenvalue weighted by Crippen LogP contribution is 2.38. The van der Waals surface area contributed by atoms with E-state index >= 15 is 0 Å². The van der Waals surface area contributed by atoms with E-state index in [1.165, 1.54) is 0 Å². The number of hydrogen-bond donors (Lipinski definition) is 0. The number of nitrogens with zero attached hydrogens (tertiary/aromatic N) is 3. The molecule has 0 spiro atoms. The molecular formula is C14H13N3O. The zero-order valence-electron chi connectivity index (χ0n) is 10.3. The summed E-state index contributed by atoms with van der Waals surface area (Å²) >= 11 is 0. The molecule has 1 amide bonds. The summed E-state index contributed by atoms with van der Waals surface area (Å²) in [6.45, 7) is 3.76. The number of hydrogen-bond acceptors (Lipinski definition) is 3. The second-order valence-electron chi connectivity index (χ2n) is 4.93.